The maximum atomic E-state index is 11.4. The Morgan fingerprint density at radius 1 is 1.54 bits per heavy atom. The summed E-state index contributed by atoms with van der Waals surface area (Å²) in [6.07, 6.45) is 0.466. The van der Waals surface area contributed by atoms with Gasteiger partial charge in [0.15, 0.2) is 5.78 Å². The van der Waals surface area contributed by atoms with E-state index in [1.807, 2.05) is 13.0 Å². The first-order valence-electron chi connectivity index (χ1n) is 4.21. The van der Waals surface area contributed by atoms with Gasteiger partial charge in [-0.15, -0.1) is 0 Å². The highest BCUT2D eigenvalue weighted by molar-refractivity contribution is 6.34. The van der Waals surface area contributed by atoms with Crippen LogP contribution in [0.5, 0.6) is 0 Å². The number of halogens is 1. The fourth-order valence-corrected chi connectivity index (χ4v) is 1.45. The van der Waals surface area contributed by atoms with Gasteiger partial charge in [0, 0.05) is 18.5 Å². The van der Waals surface area contributed by atoms with Gasteiger partial charge in [0.2, 0.25) is 0 Å². The van der Waals surface area contributed by atoms with Crippen molar-refractivity contribution >= 4 is 17.4 Å². The summed E-state index contributed by atoms with van der Waals surface area (Å²) < 4.78 is 0. The predicted molar refractivity (Wildman–Crippen MR) is 54.0 cm³/mol. The summed E-state index contributed by atoms with van der Waals surface area (Å²) in [6, 6.07) is 5.36. The predicted octanol–water partition coefficient (Wildman–Crippen LogP) is 2.39. The van der Waals surface area contributed by atoms with Crippen LogP contribution in [0.2, 0.25) is 5.02 Å². The molecule has 0 saturated heterocycles. The molecule has 0 unspecified atom stereocenters. The molecule has 0 bridgehead atoms. The van der Waals surface area contributed by atoms with Crippen LogP contribution in [0.15, 0.2) is 18.2 Å². The van der Waals surface area contributed by atoms with Crippen LogP contribution in [0.3, 0.4) is 0 Å². The molecule has 0 aliphatic carbocycles. The van der Waals surface area contributed by atoms with E-state index in [-0.39, 0.29) is 5.78 Å². The van der Waals surface area contributed by atoms with Gasteiger partial charge in [-0.3, -0.25) is 4.79 Å². The third-order valence-corrected chi connectivity index (χ3v) is 2.37. The number of carbonyl (C=O) groups is 1. The molecule has 0 heterocycles. The maximum Gasteiger partial charge on any atom is 0.164 e. The monoisotopic (exact) mass is 197 g/mol. The van der Waals surface area contributed by atoms with Crippen molar-refractivity contribution in [2.24, 2.45) is 5.73 Å². The molecule has 0 atom stereocenters. The Morgan fingerprint density at radius 2 is 2.23 bits per heavy atom. The highest BCUT2D eigenvalue weighted by Crippen LogP contribution is 2.21. The second-order valence-corrected chi connectivity index (χ2v) is 3.14. The molecule has 3 heteroatoms. The Balaban J connectivity index is 3.15. The lowest BCUT2D eigenvalue weighted by Crippen LogP contribution is -2.03. The number of ketones is 1. The van der Waals surface area contributed by atoms with Crippen LogP contribution in [-0.2, 0) is 6.54 Å². The summed E-state index contributed by atoms with van der Waals surface area (Å²) >= 11 is 5.98. The average Bonchev–Trinajstić information content (AvgIpc) is 2.17. The fraction of sp³-hybridized carbons (Fsp3) is 0.300. The Kier molecular flexibility index (Phi) is 3.46. The molecule has 1 aromatic carbocycles. The van der Waals surface area contributed by atoms with Gasteiger partial charge < -0.3 is 5.73 Å². The van der Waals surface area contributed by atoms with Crippen LogP contribution in [0.1, 0.15) is 29.3 Å². The lowest BCUT2D eigenvalue weighted by atomic mass is 10.1. The van der Waals surface area contributed by atoms with Crippen LogP contribution in [-0.4, -0.2) is 5.78 Å². The highest BCUT2D eigenvalue weighted by Gasteiger charge is 2.10. The topological polar surface area (TPSA) is 43.1 Å². The number of carbonyl (C=O) groups excluding carboxylic acids is 1. The molecule has 0 radical (unpaired) electrons. The van der Waals surface area contributed by atoms with Crippen LogP contribution in [0, 0.1) is 0 Å². The van der Waals surface area contributed by atoms with Gasteiger partial charge in [-0.2, -0.15) is 0 Å². The summed E-state index contributed by atoms with van der Waals surface area (Å²) in [7, 11) is 0. The highest BCUT2D eigenvalue weighted by atomic mass is 35.5. The number of hydrogen-bond acceptors (Lipinski definition) is 2. The molecule has 2 nitrogen and oxygen atoms in total. The number of rotatable bonds is 3. The second kappa shape index (κ2) is 4.40. The smallest absolute Gasteiger partial charge is 0.164 e. The molecule has 0 aromatic heterocycles. The van der Waals surface area contributed by atoms with Crippen molar-refractivity contribution < 1.29 is 4.79 Å². The zero-order valence-electron chi connectivity index (χ0n) is 7.51. The lowest BCUT2D eigenvalue weighted by Gasteiger charge is -2.05. The summed E-state index contributed by atoms with van der Waals surface area (Å²) in [5, 5.41) is 0.497. The fourth-order valence-electron chi connectivity index (χ4n) is 1.14. The van der Waals surface area contributed by atoms with Crippen molar-refractivity contribution in [2.75, 3.05) is 0 Å². The number of hydrogen-bond donors (Lipinski definition) is 1. The molecule has 0 spiro atoms. The standard InChI is InChI=1S/C10H12ClNO/c1-2-9(13)8-5-3-4-7(6-12)10(8)11/h3-5H,2,6,12H2,1H3. The third-order valence-electron chi connectivity index (χ3n) is 1.92. The molecule has 13 heavy (non-hydrogen) atoms. The van der Waals surface area contributed by atoms with Crippen molar-refractivity contribution in [2.45, 2.75) is 19.9 Å². The third kappa shape index (κ3) is 2.08. The Hall–Kier alpha value is -0.860. The van der Waals surface area contributed by atoms with Crippen molar-refractivity contribution in [1.29, 1.82) is 0 Å². The molecular weight excluding hydrogens is 186 g/mol. The average molecular weight is 198 g/mol. The van der Waals surface area contributed by atoms with E-state index < -0.39 is 0 Å². The van der Waals surface area contributed by atoms with Gasteiger partial charge in [0.1, 0.15) is 0 Å². The zero-order chi connectivity index (χ0) is 9.84. The minimum Gasteiger partial charge on any atom is -0.326 e. The molecule has 0 fully saturated rings. The molecule has 0 amide bonds. The molecule has 0 aliphatic heterocycles. The first kappa shape index (κ1) is 10.2. The van der Waals surface area contributed by atoms with E-state index in [4.69, 9.17) is 17.3 Å². The van der Waals surface area contributed by atoms with Crippen molar-refractivity contribution in [3.05, 3.63) is 34.3 Å². The van der Waals surface area contributed by atoms with E-state index in [9.17, 15) is 4.79 Å². The van der Waals surface area contributed by atoms with Crippen LogP contribution in [0.25, 0.3) is 0 Å². The summed E-state index contributed by atoms with van der Waals surface area (Å²) in [5.74, 6) is 0.0558. The molecule has 1 rings (SSSR count). The molecule has 2 N–H and O–H groups in total. The molecule has 0 saturated carbocycles. The Morgan fingerprint density at radius 3 is 2.77 bits per heavy atom. The first-order valence-corrected chi connectivity index (χ1v) is 4.59. The maximum absolute atomic E-state index is 11.4. The van der Waals surface area contributed by atoms with E-state index in [1.165, 1.54) is 0 Å². The van der Waals surface area contributed by atoms with E-state index in [0.717, 1.165) is 5.56 Å². The molecule has 70 valence electrons. The molecular formula is C10H12ClNO. The number of benzene rings is 1. The summed E-state index contributed by atoms with van der Waals surface area (Å²) in [6.45, 7) is 2.18. The second-order valence-electron chi connectivity index (χ2n) is 2.76. The molecule has 0 aliphatic rings. The normalized spacial score (nSPS) is 10.1. The van der Waals surface area contributed by atoms with Gasteiger partial charge >= 0.3 is 0 Å². The quantitative estimate of drug-likeness (QED) is 0.757. The SMILES string of the molecule is CCC(=O)c1cccc(CN)c1Cl. The van der Waals surface area contributed by atoms with Gasteiger partial charge in [-0.25, -0.2) is 0 Å². The largest absolute Gasteiger partial charge is 0.326 e. The van der Waals surface area contributed by atoms with E-state index in [0.29, 0.717) is 23.6 Å². The Labute approximate surface area is 82.7 Å². The van der Waals surface area contributed by atoms with Crippen molar-refractivity contribution in [1.82, 2.24) is 0 Å². The van der Waals surface area contributed by atoms with Crippen LogP contribution >= 0.6 is 11.6 Å². The van der Waals surface area contributed by atoms with E-state index >= 15 is 0 Å². The minimum absolute atomic E-state index is 0.0558. The van der Waals surface area contributed by atoms with Gasteiger partial charge in [-0.1, -0.05) is 30.7 Å². The van der Waals surface area contributed by atoms with Crippen molar-refractivity contribution in [3.63, 3.8) is 0 Å². The summed E-state index contributed by atoms with van der Waals surface area (Å²) in [5.41, 5.74) is 6.86. The van der Waals surface area contributed by atoms with Gasteiger partial charge in [0.05, 0.1) is 5.02 Å². The van der Waals surface area contributed by atoms with E-state index in [1.54, 1.807) is 12.1 Å². The number of nitrogens with two attached hydrogens (primary N) is 1. The van der Waals surface area contributed by atoms with Crippen LogP contribution < -0.4 is 5.73 Å². The zero-order valence-corrected chi connectivity index (χ0v) is 8.27. The molecule has 1 aromatic rings. The van der Waals surface area contributed by atoms with Crippen molar-refractivity contribution in [3.8, 4) is 0 Å². The van der Waals surface area contributed by atoms with Crippen LogP contribution in [0.4, 0.5) is 0 Å². The van der Waals surface area contributed by atoms with E-state index in [2.05, 4.69) is 0 Å². The first-order chi connectivity index (χ1) is 6.20. The minimum atomic E-state index is 0.0558. The summed E-state index contributed by atoms with van der Waals surface area (Å²) in [4.78, 5) is 11.4. The van der Waals surface area contributed by atoms with Gasteiger partial charge in [0.25, 0.3) is 0 Å². The Bertz CT molecular complexity index is 323. The lowest BCUT2D eigenvalue weighted by molar-refractivity contribution is 0.0988. The number of Topliss-reactive ketones (excluding diaryl/α,β-unsaturated/α-hetero) is 1. The van der Waals surface area contributed by atoms with Gasteiger partial charge in [-0.05, 0) is 11.6 Å².